The molecule has 0 radical (unpaired) electrons. The molecule has 2 amide bonds. The van der Waals surface area contributed by atoms with E-state index in [1.165, 1.54) is 12.0 Å². The fourth-order valence-corrected chi connectivity index (χ4v) is 2.10. The zero-order chi connectivity index (χ0) is 14.4. The predicted octanol–water partition coefficient (Wildman–Crippen LogP) is 0.587. The van der Waals surface area contributed by atoms with Gasteiger partial charge in [-0.3, -0.25) is 4.79 Å². The molecule has 7 heteroatoms. The van der Waals surface area contributed by atoms with Crippen molar-refractivity contribution in [2.24, 2.45) is 0 Å². The summed E-state index contributed by atoms with van der Waals surface area (Å²) in [7, 11) is 1.30. The first-order valence-corrected chi connectivity index (χ1v) is 6.32. The molecule has 1 rings (SSSR count). The molecule has 0 aliphatic carbocycles. The summed E-state index contributed by atoms with van der Waals surface area (Å²) in [5.74, 6) is -1.31. The topological polar surface area (TPSA) is 95.9 Å². The summed E-state index contributed by atoms with van der Waals surface area (Å²) in [5, 5.41) is 11.3. The molecule has 0 spiro atoms. The van der Waals surface area contributed by atoms with Crippen molar-refractivity contribution in [3.63, 3.8) is 0 Å². The number of likely N-dealkylation sites (tertiary alicyclic amines) is 1. The molecule has 0 saturated carbocycles. The molecule has 0 aromatic carbocycles. The van der Waals surface area contributed by atoms with Gasteiger partial charge in [-0.1, -0.05) is 0 Å². The number of esters is 1. The van der Waals surface area contributed by atoms with Gasteiger partial charge in [-0.05, 0) is 26.2 Å². The van der Waals surface area contributed by atoms with Gasteiger partial charge in [0.1, 0.15) is 6.04 Å². The van der Waals surface area contributed by atoms with Gasteiger partial charge < -0.3 is 20.1 Å². The quantitative estimate of drug-likeness (QED) is 0.714. The molecular formula is C12H20N2O5. The summed E-state index contributed by atoms with van der Waals surface area (Å²) in [4.78, 5) is 35.4. The van der Waals surface area contributed by atoms with Gasteiger partial charge in [-0.25, -0.2) is 9.59 Å². The molecule has 0 bridgehead atoms. The van der Waals surface area contributed by atoms with Crippen LogP contribution >= 0.6 is 0 Å². The maximum atomic E-state index is 12.0. The Morgan fingerprint density at radius 1 is 1.47 bits per heavy atom. The lowest BCUT2D eigenvalue weighted by atomic mass is 10.2. The number of urea groups is 1. The van der Waals surface area contributed by atoms with Crippen LogP contribution in [0.25, 0.3) is 0 Å². The van der Waals surface area contributed by atoms with E-state index >= 15 is 0 Å². The minimum atomic E-state index is -0.894. The number of methoxy groups -OCH3 is 1. The standard InChI is InChI=1S/C12H20N2O5/c1-8(5-6-10(15)16)13-12(18)14-7-3-4-9(14)11(17)19-2/h8-9H,3-7H2,1-2H3,(H,13,18)(H,15,16). The Balaban J connectivity index is 2.48. The minimum Gasteiger partial charge on any atom is -0.481 e. The van der Waals surface area contributed by atoms with Crippen molar-refractivity contribution in [1.29, 1.82) is 0 Å². The van der Waals surface area contributed by atoms with Gasteiger partial charge >= 0.3 is 18.0 Å². The van der Waals surface area contributed by atoms with Crippen LogP contribution in [0.1, 0.15) is 32.6 Å². The number of carboxylic acid groups (broad SMARTS) is 1. The Hall–Kier alpha value is -1.79. The van der Waals surface area contributed by atoms with Gasteiger partial charge in [0.2, 0.25) is 0 Å². The number of carboxylic acids is 1. The normalized spacial score (nSPS) is 19.9. The van der Waals surface area contributed by atoms with Crippen LogP contribution in [0.5, 0.6) is 0 Å². The molecule has 1 heterocycles. The summed E-state index contributed by atoms with van der Waals surface area (Å²) in [5.41, 5.74) is 0. The number of nitrogens with zero attached hydrogens (tertiary/aromatic N) is 1. The Morgan fingerprint density at radius 2 is 2.16 bits per heavy atom. The lowest BCUT2D eigenvalue weighted by molar-refractivity contribution is -0.145. The number of carbonyl (C=O) groups excluding carboxylic acids is 2. The molecule has 2 unspecified atom stereocenters. The third-order valence-electron chi connectivity index (χ3n) is 3.15. The second kappa shape index (κ2) is 6.96. The molecule has 108 valence electrons. The van der Waals surface area contributed by atoms with Gasteiger partial charge in [0, 0.05) is 19.0 Å². The van der Waals surface area contributed by atoms with Crippen molar-refractivity contribution in [1.82, 2.24) is 10.2 Å². The molecule has 1 saturated heterocycles. The lowest BCUT2D eigenvalue weighted by Crippen LogP contribution is -2.48. The van der Waals surface area contributed by atoms with Gasteiger partial charge in [-0.15, -0.1) is 0 Å². The second-order valence-electron chi connectivity index (χ2n) is 4.66. The number of amides is 2. The van der Waals surface area contributed by atoms with E-state index in [9.17, 15) is 14.4 Å². The first-order chi connectivity index (χ1) is 8.95. The van der Waals surface area contributed by atoms with Crippen LogP contribution in [-0.2, 0) is 14.3 Å². The molecule has 2 N–H and O–H groups in total. The Labute approximate surface area is 111 Å². The van der Waals surface area contributed by atoms with Crippen LogP contribution in [-0.4, -0.2) is 53.7 Å². The largest absolute Gasteiger partial charge is 0.481 e. The average molecular weight is 272 g/mol. The highest BCUT2D eigenvalue weighted by Crippen LogP contribution is 2.18. The molecule has 0 aromatic rings. The molecule has 2 atom stereocenters. The van der Waals surface area contributed by atoms with Crippen molar-refractivity contribution < 1.29 is 24.2 Å². The monoisotopic (exact) mass is 272 g/mol. The molecule has 7 nitrogen and oxygen atoms in total. The molecule has 1 aliphatic heterocycles. The predicted molar refractivity (Wildman–Crippen MR) is 66.6 cm³/mol. The summed E-state index contributed by atoms with van der Waals surface area (Å²) >= 11 is 0. The summed E-state index contributed by atoms with van der Waals surface area (Å²) < 4.78 is 4.66. The molecule has 0 aromatic heterocycles. The van der Waals surface area contributed by atoms with E-state index in [4.69, 9.17) is 5.11 Å². The number of hydrogen-bond donors (Lipinski definition) is 2. The van der Waals surface area contributed by atoms with E-state index in [1.54, 1.807) is 6.92 Å². The van der Waals surface area contributed by atoms with Gasteiger partial charge in [0.15, 0.2) is 0 Å². The van der Waals surface area contributed by atoms with Crippen LogP contribution < -0.4 is 5.32 Å². The summed E-state index contributed by atoms with van der Waals surface area (Å²) in [6, 6.07) is -1.12. The Bertz CT molecular complexity index is 358. The van der Waals surface area contributed by atoms with E-state index in [-0.39, 0.29) is 18.5 Å². The maximum Gasteiger partial charge on any atom is 0.328 e. The third-order valence-corrected chi connectivity index (χ3v) is 3.15. The lowest BCUT2D eigenvalue weighted by Gasteiger charge is -2.25. The fraction of sp³-hybridized carbons (Fsp3) is 0.750. The summed E-state index contributed by atoms with van der Waals surface area (Å²) in [6.45, 7) is 2.25. The average Bonchev–Trinajstić information content (AvgIpc) is 2.84. The van der Waals surface area contributed by atoms with Crippen molar-refractivity contribution >= 4 is 18.0 Å². The minimum absolute atomic E-state index is 0.00186. The van der Waals surface area contributed by atoms with E-state index in [2.05, 4.69) is 10.1 Å². The van der Waals surface area contributed by atoms with E-state index < -0.39 is 18.0 Å². The molecule has 1 aliphatic rings. The number of ether oxygens (including phenoxy) is 1. The third kappa shape index (κ3) is 4.42. The van der Waals surface area contributed by atoms with Crippen LogP contribution in [0, 0.1) is 0 Å². The number of carbonyl (C=O) groups is 3. The van der Waals surface area contributed by atoms with Crippen molar-refractivity contribution in [2.45, 2.75) is 44.7 Å². The smallest absolute Gasteiger partial charge is 0.328 e. The summed E-state index contributed by atoms with van der Waals surface area (Å²) in [6.07, 6.45) is 1.72. The fourth-order valence-electron chi connectivity index (χ4n) is 2.10. The van der Waals surface area contributed by atoms with Crippen molar-refractivity contribution in [3.8, 4) is 0 Å². The Kier molecular flexibility index (Phi) is 5.59. The van der Waals surface area contributed by atoms with Crippen LogP contribution in [0.4, 0.5) is 4.79 Å². The van der Waals surface area contributed by atoms with Gasteiger partial charge in [0.05, 0.1) is 7.11 Å². The van der Waals surface area contributed by atoms with Crippen LogP contribution in [0.3, 0.4) is 0 Å². The zero-order valence-corrected chi connectivity index (χ0v) is 11.2. The van der Waals surface area contributed by atoms with E-state index in [0.29, 0.717) is 19.4 Å². The van der Waals surface area contributed by atoms with E-state index in [1.807, 2.05) is 0 Å². The van der Waals surface area contributed by atoms with Gasteiger partial charge in [-0.2, -0.15) is 0 Å². The van der Waals surface area contributed by atoms with E-state index in [0.717, 1.165) is 6.42 Å². The first kappa shape index (κ1) is 15.3. The highest BCUT2D eigenvalue weighted by molar-refractivity contribution is 5.84. The van der Waals surface area contributed by atoms with Crippen LogP contribution in [0.15, 0.2) is 0 Å². The number of hydrogen-bond acceptors (Lipinski definition) is 4. The molecular weight excluding hydrogens is 252 g/mol. The Morgan fingerprint density at radius 3 is 2.74 bits per heavy atom. The molecule has 1 fully saturated rings. The van der Waals surface area contributed by atoms with Crippen molar-refractivity contribution in [3.05, 3.63) is 0 Å². The first-order valence-electron chi connectivity index (χ1n) is 6.32. The van der Waals surface area contributed by atoms with Crippen molar-refractivity contribution in [2.75, 3.05) is 13.7 Å². The number of rotatable bonds is 5. The molecule has 19 heavy (non-hydrogen) atoms. The van der Waals surface area contributed by atoms with Gasteiger partial charge in [0.25, 0.3) is 0 Å². The number of aliphatic carboxylic acids is 1. The zero-order valence-electron chi connectivity index (χ0n) is 11.2. The van der Waals surface area contributed by atoms with Crippen LogP contribution in [0.2, 0.25) is 0 Å². The highest BCUT2D eigenvalue weighted by atomic mass is 16.5. The second-order valence-corrected chi connectivity index (χ2v) is 4.66. The maximum absolute atomic E-state index is 12.0. The SMILES string of the molecule is COC(=O)C1CCCN1C(=O)NC(C)CCC(=O)O. The highest BCUT2D eigenvalue weighted by Gasteiger charge is 2.35. The number of nitrogens with one attached hydrogen (secondary N) is 1.